The number of hydrogen-bond acceptors (Lipinski definition) is 5. The highest BCUT2D eigenvalue weighted by Gasteiger charge is 2.36. The first-order valence-electron chi connectivity index (χ1n) is 4.59. The van der Waals surface area contributed by atoms with Crippen molar-refractivity contribution in [2.45, 2.75) is 6.42 Å². The molecular formula is C8H9N5O3. The number of amides is 4. The van der Waals surface area contributed by atoms with Crippen molar-refractivity contribution in [1.82, 2.24) is 25.0 Å². The molecule has 0 bridgehead atoms. The van der Waals surface area contributed by atoms with Crippen molar-refractivity contribution in [3.63, 3.8) is 0 Å². The third kappa shape index (κ3) is 1.76. The zero-order chi connectivity index (χ0) is 11.7. The van der Waals surface area contributed by atoms with Gasteiger partial charge in [0.15, 0.2) is 5.82 Å². The molecule has 0 spiro atoms. The summed E-state index contributed by atoms with van der Waals surface area (Å²) in [6.07, 6.45) is 1.85. The maximum Gasteiger partial charge on any atom is 0.331 e. The van der Waals surface area contributed by atoms with Crippen LogP contribution in [0.3, 0.4) is 0 Å². The lowest BCUT2D eigenvalue weighted by Gasteiger charge is -2.08. The fourth-order valence-electron chi connectivity index (χ4n) is 1.35. The summed E-state index contributed by atoms with van der Waals surface area (Å²) in [6.45, 7) is 0.0976. The summed E-state index contributed by atoms with van der Waals surface area (Å²) < 4.78 is 1.52. The maximum absolute atomic E-state index is 11.2. The Morgan fingerprint density at radius 2 is 2.12 bits per heavy atom. The summed E-state index contributed by atoms with van der Waals surface area (Å²) in [5, 5.41) is 5.90. The SMILES string of the molecule is Cn1cnc(CCN2C(=O)NC(=O)C2=O)n1. The lowest BCUT2D eigenvalue weighted by Crippen LogP contribution is -2.33. The maximum atomic E-state index is 11.2. The van der Waals surface area contributed by atoms with Gasteiger partial charge in [0.05, 0.1) is 0 Å². The first-order valence-corrected chi connectivity index (χ1v) is 4.59. The molecule has 8 heteroatoms. The highest BCUT2D eigenvalue weighted by molar-refractivity contribution is 6.44. The topological polar surface area (TPSA) is 97.2 Å². The summed E-state index contributed by atoms with van der Waals surface area (Å²) in [5.41, 5.74) is 0. The monoisotopic (exact) mass is 223 g/mol. The van der Waals surface area contributed by atoms with Crippen molar-refractivity contribution in [1.29, 1.82) is 0 Å². The number of nitrogens with zero attached hydrogens (tertiary/aromatic N) is 4. The van der Waals surface area contributed by atoms with E-state index in [2.05, 4.69) is 10.1 Å². The molecule has 0 aromatic carbocycles. The van der Waals surface area contributed by atoms with E-state index < -0.39 is 17.8 Å². The van der Waals surface area contributed by atoms with Gasteiger partial charge < -0.3 is 0 Å². The predicted octanol–water partition coefficient (Wildman–Crippen LogP) is -1.56. The Hall–Kier alpha value is -2.25. The molecule has 0 unspecified atom stereocenters. The second kappa shape index (κ2) is 3.72. The summed E-state index contributed by atoms with van der Waals surface area (Å²) in [4.78, 5) is 38.0. The molecule has 1 fully saturated rings. The minimum absolute atomic E-state index is 0.0976. The van der Waals surface area contributed by atoms with E-state index in [1.54, 1.807) is 7.05 Å². The molecule has 1 aromatic heterocycles. The molecule has 84 valence electrons. The van der Waals surface area contributed by atoms with Gasteiger partial charge in [-0.1, -0.05) is 0 Å². The molecule has 0 saturated carbocycles. The number of hydrogen-bond donors (Lipinski definition) is 1. The number of urea groups is 1. The van der Waals surface area contributed by atoms with E-state index in [9.17, 15) is 14.4 Å². The van der Waals surface area contributed by atoms with Crippen molar-refractivity contribution < 1.29 is 14.4 Å². The number of aromatic nitrogens is 3. The largest absolute Gasteiger partial charge is 0.331 e. The Morgan fingerprint density at radius 3 is 2.62 bits per heavy atom. The van der Waals surface area contributed by atoms with Gasteiger partial charge in [-0.05, 0) is 0 Å². The van der Waals surface area contributed by atoms with E-state index in [0.717, 1.165) is 4.90 Å². The molecule has 2 heterocycles. The molecule has 1 aliphatic rings. The van der Waals surface area contributed by atoms with Crippen LogP contribution in [0.15, 0.2) is 6.33 Å². The van der Waals surface area contributed by atoms with Crippen molar-refractivity contribution in [3.05, 3.63) is 12.2 Å². The molecule has 4 amide bonds. The molecule has 0 atom stereocenters. The van der Waals surface area contributed by atoms with E-state index in [1.165, 1.54) is 11.0 Å². The molecule has 2 rings (SSSR count). The van der Waals surface area contributed by atoms with Crippen molar-refractivity contribution in [2.75, 3.05) is 6.54 Å². The summed E-state index contributed by atoms with van der Waals surface area (Å²) in [7, 11) is 1.72. The van der Waals surface area contributed by atoms with Crippen LogP contribution in [-0.4, -0.2) is 44.1 Å². The lowest BCUT2D eigenvalue weighted by molar-refractivity contribution is -0.140. The van der Waals surface area contributed by atoms with Gasteiger partial charge in [-0.3, -0.25) is 24.5 Å². The van der Waals surface area contributed by atoms with Gasteiger partial charge >= 0.3 is 17.8 Å². The number of imide groups is 2. The van der Waals surface area contributed by atoms with Gasteiger partial charge in [0, 0.05) is 20.0 Å². The molecule has 1 saturated heterocycles. The van der Waals surface area contributed by atoms with Crippen LogP contribution in [0.4, 0.5) is 4.79 Å². The van der Waals surface area contributed by atoms with Crippen molar-refractivity contribution in [2.24, 2.45) is 7.05 Å². The van der Waals surface area contributed by atoms with Gasteiger partial charge in [-0.25, -0.2) is 9.78 Å². The Kier molecular flexibility index (Phi) is 2.39. The quantitative estimate of drug-likeness (QED) is 0.493. The van der Waals surface area contributed by atoms with Crippen LogP contribution in [0.5, 0.6) is 0 Å². The van der Waals surface area contributed by atoms with Crippen molar-refractivity contribution >= 4 is 17.8 Å². The minimum atomic E-state index is -0.890. The summed E-state index contributed by atoms with van der Waals surface area (Å²) >= 11 is 0. The van der Waals surface area contributed by atoms with Crippen LogP contribution in [0.25, 0.3) is 0 Å². The van der Waals surface area contributed by atoms with Crippen LogP contribution >= 0.6 is 0 Å². The van der Waals surface area contributed by atoms with Gasteiger partial charge in [0.1, 0.15) is 6.33 Å². The number of rotatable bonds is 3. The zero-order valence-corrected chi connectivity index (χ0v) is 8.51. The van der Waals surface area contributed by atoms with E-state index in [4.69, 9.17) is 0 Å². The second-order valence-corrected chi connectivity index (χ2v) is 3.30. The predicted molar refractivity (Wildman–Crippen MR) is 50.0 cm³/mol. The van der Waals surface area contributed by atoms with E-state index in [-0.39, 0.29) is 6.54 Å². The molecule has 16 heavy (non-hydrogen) atoms. The molecule has 1 N–H and O–H groups in total. The Morgan fingerprint density at radius 1 is 1.38 bits per heavy atom. The second-order valence-electron chi connectivity index (χ2n) is 3.30. The number of nitrogens with one attached hydrogen (secondary N) is 1. The Labute approximate surface area is 90.2 Å². The first-order chi connectivity index (χ1) is 7.58. The van der Waals surface area contributed by atoms with Gasteiger partial charge in [-0.15, -0.1) is 0 Å². The fourth-order valence-corrected chi connectivity index (χ4v) is 1.35. The number of carbonyl (C=O) groups excluding carboxylic acids is 3. The highest BCUT2D eigenvalue weighted by atomic mass is 16.2. The van der Waals surface area contributed by atoms with Gasteiger partial charge in [0.25, 0.3) is 0 Å². The lowest BCUT2D eigenvalue weighted by atomic mass is 10.4. The number of carbonyl (C=O) groups is 3. The molecule has 0 radical (unpaired) electrons. The van der Waals surface area contributed by atoms with Crippen LogP contribution in [0, 0.1) is 0 Å². The minimum Gasteiger partial charge on any atom is -0.269 e. The molecule has 1 aliphatic heterocycles. The third-order valence-corrected chi connectivity index (χ3v) is 2.11. The molecule has 1 aromatic rings. The van der Waals surface area contributed by atoms with Crippen LogP contribution in [0.1, 0.15) is 5.82 Å². The standard InChI is InChI=1S/C8H9N5O3/c1-12-4-9-5(11-12)2-3-13-7(15)6(14)10-8(13)16/h4H,2-3H2,1H3,(H,10,14,16). The Bertz CT molecular complexity index is 466. The van der Waals surface area contributed by atoms with Crippen molar-refractivity contribution in [3.8, 4) is 0 Å². The van der Waals surface area contributed by atoms with E-state index in [0.29, 0.717) is 12.2 Å². The Balaban J connectivity index is 1.98. The normalized spacial score (nSPS) is 15.8. The third-order valence-electron chi connectivity index (χ3n) is 2.11. The van der Waals surface area contributed by atoms with Gasteiger partial charge in [-0.2, -0.15) is 5.10 Å². The van der Waals surface area contributed by atoms with Crippen LogP contribution in [-0.2, 0) is 23.1 Å². The fraction of sp³-hybridized carbons (Fsp3) is 0.375. The van der Waals surface area contributed by atoms with E-state index >= 15 is 0 Å². The number of aryl methyl sites for hydroxylation is 1. The molecule has 0 aliphatic carbocycles. The summed E-state index contributed by atoms with van der Waals surface area (Å²) in [6, 6.07) is -0.689. The first kappa shape index (κ1) is 10.3. The average Bonchev–Trinajstić information content (AvgIpc) is 2.72. The molecule has 8 nitrogen and oxygen atoms in total. The smallest absolute Gasteiger partial charge is 0.269 e. The van der Waals surface area contributed by atoms with Gasteiger partial charge in [0.2, 0.25) is 0 Å². The average molecular weight is 223 g/mol. The van der Waals surface area contributed by atoms with Crippen LogP contribution < -0.4 is 5.32 Å². The highest BCUT2D eigenvalue weighted by Crippen LogP contribution is 2.02. The molecular weight excluding hydrogens is 214 g/mol. The summed E-state index contributed by atoms with van der Waals surface area (Å²) in [5.74, 6) is -1.21. The van der Waals surface area contributed by atoms with E-state index in [1.807, 2.05) is 5.32 Å². The van der Waals surface area contributed by atoms with Crippen LogP contribution in [0.2, 0.25) is 0 Å². The zero-order valence-electron chi connectivity index (χ0n) is 8.51.